The molecule has 0 aromatic carbocycles. The number of amides is 1. The number of nitrogens with one attached hydrogen (secondary N) is 1. The quantitative estimate of drug-likeness (QED) is 0.281. The largest absolute Gasteiger partial charge is 0.444 e. The highest BCUT2D eigenvalue weighted by Crippen LogP contribution is 2.12. The number of hydroxylamine groups is 1. The zero-order valence-electron chi connectivity index (χ0n) is 10.5. The molecule has 17 heavy (non-hydrogen) atoms. The van der Waals surface area contributed by atoms with Crippen LogP contribution in [0.5, 0.6) is 0 Å². The van der Waals surface area contributed by atoms with Gasteiger partial charge < -0.3 is 4.74 Å². The van der Waals surface area contributed by atoms with Gasteiger partial charge in [0.2, 0.25) is 0 Å². The van der Waals surface area contributed by atoms with Gasteiger partial charge in [-0.25, -0.2) is 10.3 Å². The van der Waals surface area contributed by atoms with Gasteiger partial charge in [-0.15, -0.1) is 0 Å². The van der Waals surface area contributed by atoms with Crippen molar-refractivity contribution in [2.24, 2.45) is 0 Å². The van der Waals surface area contributed by atoms with Crippen LogP contribution in [0.4, 0.5) is 4.79 Å². The molecule has 1 amide bonds. The number of rotatable bonds is 9. The van der Waals surface area contributed by atoms with Crippen LogP contribution < -0.4 is 5.48 Å². The normalized spacial score (nSPS) is 12.4. The summed E-state index contributed by atoms with van der Waals surface area (Å²) in [6.07, 6.45) is 10.4. The van der Waals surface area contributed by atoms with Gasteiger partial charge in [0.15, 0.2) is 0 Å². The summed E-state index contributed by atoms with van der Waals surface area (Å²) >= 11 is 0. The molecule has 0 aromatic heterocycles. The van der Waals surface area contributed by atoms with E-state index in [-0.39, 0.29) is 6.10 Å². The van der Waals surface area contributed by atoms with Crippen molar-refractivity contribution in [1.82, 2.24) is 5.48 Å². The smallest absolute Gasteiger partial charge is 0.431 e. The van der Waals surface area contributed by atoms with E-state index in [0.717, 1.165) is 19.3 Å². The molecule has 0 rings (SSSR count). The van der Waals surface area contributed by atoms with Crippen molar-refractivity contribution in [2.75, 3.05) is 0 Å². The molecule has 0 aromatic rings. The molecule has 1 unspecified atom stereocenters. The Bertz CT molecular complexity index is 239. The maximum Gasteiger partial charge on any atom is 0.431 e. The second-order valence-electron chi connectivity index (χ2n) is 3.89. The number of hydrogen-bond donors (Lipinski definition) is 2. The minimum Gasteiger partial charge on any atom is -0.444 e. The minimum atomic E-state index is -0.794. The predicted octanol–water partition coefficient (Wildman–Crippen LogP) is 3.57. The standard InChI is InChI=1S/C13H23NO3/c1-3-5-7-9-11-12(10-8-6-4-2)17-13(15)14-16/h4,6,8,12,16H,2-3,5,7,9-11H2,1H3,(H,14,15)/b8-6+. The van der Waals surface area contributed by atoms with Crippen molar-refractivity contribution < 1.29 is 14.7 Å². The molecule has 1 atom stereocenters. The van der Waals surface area contributed by atoms with E-state index in [1.54, 1.807) is 6.08 Å². The van der Waals surface area contributed by atoms with Gasteiger partial charge in [0.1, 0.15) is 6.10 Å². The molecule has 0 aliphatic rings. The summed E-state index contributed by atoms with van der Waals surface area (Å²) in [7, 11) is 0. The lowest BCUT2D eigenvalue weighted by Crippen LogP contribution is -2.26. The lowest BCUT2D eigenvalue weighted by atomic mass is 10.1. The zero-order chi connectivity index (χ0) is 12.9. The first-order chi connectivity index (χ1) is 8.24. The fourth-order valence-electron chi connectivity index (χ4n) is 1.53. The number of carbonyl (C=O) groups is 1. The minimum absolute atomic E-state index is 0.185. The van der Waals surface area contributed by atoms with Gasteiger partial charge in [-0.05, 0) is 12.8 Å². The molecule has 0 aliphatic heterocycles. The molecule has 98 valence electrons. The van der Waals surface area contributed by atoms with Crippen LogP contribution in [-0.4, -0.2) is 17.4 Å². The lowest BCUT2D eigenvalue weighted by molar-refractivity contribution is 0.0532. The number of carbonyl (C=O) groups excluding carboxylic acids is 1. The third kappa shape index (κ3) is 9.63. The Morgan fingerprint density at radius 3 is 2.82 bits per heavy atom. The molecule has 0 heterocycles. The SMILES string of the molecule is C=C/C=C/CC(CCCCCC)OC(=O)NO. The Morgan fingerprint density at radius 2 is 2.24 bits per heavy atom. The highest BCUT2D eigenvalue weighted by atomic mass is 16.6. The molecule has 0 spiro atoms. The van der Waals surface area contributed by atoms with Crippen LogP contribution in [0.25, 0.3) is 0 Å². The second kappa shape index (κ2) is 11.2. The topological polar surface area (TPSA) is 58.6 Å². The molecule has 0 saturated carbocycles. The van der Waals surface area contributed by atoms with Crippen LogP contribution in [-0.2, 0) is 4.74 Å². The van der Waals surface area contributed by atoms with Crippen molar-refractivity contribution in [3.63, 3.8) is 0 Å². The molecular weight excluding hydrogens is 218 g/mol. The molecule has 0 fully saturated rings. The van der Waals surface area contributed by atoms with E-state index in [0.29, 0.717) is 6.42 Å². The first-order valence-corrected chi connectivity index (χ1v) is 6.12. The molecule has 0 radical (unpaired) electrons. The Labute approximate surface area is 103 Å². The monoisotopic (exact) mass is 241 g/mol. The zero-order valence-corrected chi connectivity index (χ0v) is 10.5. The van der Waals surface area contributed by atoms with Crippen LogP contribution in [0, 0.1) is 0 Å². The molecule has 0 aliphatic carbocycles. The summed E-state index contributed by atoms with van der Waals surface area (Å²) in [4.78, 5) is 10.9. The maximum atomic E-state index is 10.9. The van der Waals surface area contributed by atoms with Crippen molar-refractivity contribution in [1.29, 1.82) is 0 Å². The summed E-state index contributed by atoms with van der Waals surface area (Å²) in [5, 5.41) is 8.41. The average Bonchev–Trinajstić information content (AvgIpc) is 2.34. The van der Waals surface area contributed by atoms with E-state index >= 15 is 0 Å². The summed E-state index contributed by atoms with van der Waals surface area (Å²) < 4.78 is 5.04. The van der Waals surface area contributed by atoms with Crippen LogP contribution in [0.2, 0.25) is 0 Å². The van der Waals surface area contributed by atoms with Crippen molar-refractivity contribution >= 4 is 6.09 Å². The Balaban J connectivity index is 3.96. The van der Waals surface area contributed by atoms with Gasteiger partial charge in [0.25, 0.3) is 0 Å². The number of ether oxygens (including phenoxy) is 1. The van der Waals surface area contributed by atoms with E-state index in [1.807, 2.05) is 12.2 Å². The number of hydrogen-bond acceptors (Lipinski definition) is 3. The third-order valence-electron chi connectivity index (χ3n) is 2.42. The van der Waals surface area contributed by atoms with E-state index in [2.05, 4.69) is 13.5 Å². The Hall–Kier alpha value is -1.29. The van der Waals surface area contributed by atoms with Gasteiger partial charge in [-0.2, -0.15) is 0 Å². The summed E-state index contributed by atoms with van der Waals surface area (Å²) in [6, 6.07) is 0. The number of allylic oxidation sites excluding steroid dienone is 2. The predicted molar refractivity (Wildman–Crippen MR) is 67.9 cm³/mol. The van der Waals surface area contributed by atoms with Crippen LogP contribution >= 0.6 is 0 Å². The molecule has 0 bridgehead atoms. The summed E-state index contributed by atoms with van der Waals surface area (Å²) in [5.41, 5.74) is 1.48. The fourth-order valence-corrected chi connectivity index (χ4v) is 1.53. The van der Waals surface area contributed by atoms with E-state index in [9.17, 15) is 4.79 Å². The Morgan fingerprint density at radius 1 is 1.47 bits per heavy atom. The van der Waals surface area contributed by atoms with E-state index < -0.39 is 6.09 Å². The van der Waals surface area contributed by atoms with Crippen LogP contribution in [0.1, 0.15) is 45.4 Å². The van der Waals surface area contributed by atoms with Gasteiger partial charge in [-0.1, -0.05) is 51.0 Å². The summed E-state index contributed by atoms with van der Waals surface area (Å²) in [6.45, 7) is 5.73. The van der Waals surface area contributed by atoms with Crippen molar-refractivity contribution in [3.8, 4) is 0 Å². The Kier molecular flexibility index (Phi) is 10.4. The highest BCUT2D eigenvalue weighted by molar-refractivity contribution is 5.65. The molecule has 2 N–H and O–H groups in total. The molecular formula is C13H23NO3. The van der Waals surface area contributed by atoms with Gasteiger partial charge >= 0.3 is 6.09 Å². The first-order valence-electron chi connectivity index (χ1n) is 6.12. The van der Waals surface area contributed by atoms with E-state index in [1.165, 1.54) is 18.3 Å². The molecule has 0 saturated heterocycles. The lowest BCUT2D eigenvalue weighted by Gasteiger charge is -2.15. The first kappa shape index (κ1) is 15.7. The molecule has 4 heteroatoms. The maximum absolute atomic E-state index is 10.9. The van der Waals surface area contributed by atoms with Gasteiger partial charge in [0, 0.05) is 6.42 Å². The van der Waals surface area contributed by atoms with Crippen LogP contribution in [0.3, 0.4) is 0 Å². The van der Waals surface area contributed by atoms with Crippen molar-refractivity contribution in [2.45, 2.75) is 51.6 Å². The van der Waals surface area contributed by atoms with E-state index in [4.69, 9.17) is 9.94 Å². The second-order valence-corrected chi connectivity index (χ2v) is 3.89. The van der Waals surface area contributed by atoms with Gasteiger partial charge in [-0.3, -0.25) is 5.21 Å². The number of unbranched alkanes of at least 4 members (excludes halogenated alkanes) is 3. The molecule has 4 nitrogen and oxygen atoms in total. The average molecular weight is 241 g/mol. The fraction of sp³-hybridized carbons (Fsp3) is 0.615. The highest BCUT2D eigenvalue weighted by Gasteiger charge is 2.11. The third-order valence-corrected chi connectivity index (χ3v) is 2.42. The van der Waals surface area contributed by atoms with Crippen LogP contribution in [0.15, 0.2) is 24.8 Å². The summed E-state index contributed by atoms with van der Waals surface area (Å²) in [5.74, 6) is 0. The van der Waals surface area contributed by atoms with Gasteiger partial charge in [0.05, 0.1) is 0 Å². The van der Waals surface area contributed by atoms with Crippen molar-refractivity contribution in [3.05, 3.63) is 24.8 Å².